The molecule has 0 radical (unpaired) electrons. The Bertz CT molecular complexity index is 691. The maximum atomic E-state index is 12.3. The highest BCUT2D eigenvalue weighted by Crippen LogP contribution is 2.29. The second kappa shape index (κ2) is 7.25. The molecule has 2 rings (SSSR count). The Hall–Kier alpha value is -2.37. The molecule has 0 spiro atoms. The standard InChI is InChI=1S/C19H26N2O4/c1-12-7-6-8-15(13(12)2)21-10-14(9-17(21)23)18(24)25-11-16(22)20-19(3,4)5/h6-8,14H,9-11H2,1-5H3,(H,20,22)/t14-/m0/s1. The van der Waals surface area contributed by atoms with E-state index in [1.165, 1.54) is 0 Å². The van der Waals surface area contributed by atoms with E-state index in [4.69, 9.17) is 4.74 Å². The summed E-state index contributed by atoms with van der Waals surface area (Å²) in [5, 5.41) is 2.73. The molecular weight excluding hydrogens is 320 g/mol. The molecular formula is C19H26N2O4. The van der Waals surface area contributed by atoms with E-state index < -0.39 is 11.9 Å². The van der Waals surface area contributed by atoms with E-state index in [0.29, 0.717) is 0 Å². The quantitative estimate of drug-likeness (QED) is 0.847. The number of aryl methyl sites for hydroxylation is 1. The van der Waals surface area contributed by atoms with Crippen molar-refractivity contribution in [3.05, 3.63) is 29.3 Å². The smallest absolute Gasteiger partial charge is 0.311 e. The van der Waals surface area contributed by atoms with E-state index >= 15 is 0 Å². The van der Waals surface area contributed by atoms with Crippen LogP contribution in [-0.2, 0) is 19.1 Å². The fourth-order valence-electron chi connectivity index (χ4n) is 2.84. The lowest BCUT2D eigenvalue weighted by atomic mass is 10.1. The van der Waals surface area contributed by atoms with Gasteiger partial charge in [0.1, 0.15) is 0 Å². The van der Waals surface area contributed by atoms with Crippen LogP contribution in [0.4, 0.5) is 5.69 Å². The molecule has 6 heteroatoms. The van der Waals surface area contributed by atoms with Crippen molar-refractivity contribution in [1.82, 2.24) is 5.32 Å². The largest absolute Gasteiger partial charge is 0.455 e. The van der Waals surface area contributed by atoms with E-state index in [-0.39, 0.29) is 36.9 Å². The minimum atomic E-state index is -0.546. The molecule has 1 aromatic rings. The molecule has 0 aromatic heterocycles. The summed E-state index contributed by atoms with van der Waals surface area (Å²) in [6.07, 6.45) is 0.104. The van der Waals surface area contributed by atoms with Crippen molar-refractivity contribution >= 4 is 23.5 Å². The van der Waals surface area contributed by atoms with Gasteiger partial charge in [0, 0.05) is 24.2 Å². The number of anilines is 1. The molecule has 1 atom stereocenters. The van der Waals surface area contributed by atoms with E-state index in [1.807, 2.05) is 52.8 Å². The van der Waals surface area contributed by atoms with Gasteiger partial charge in [-0.15, -0.1) is 0 Å². The highest BCUT2D eigenvalue weighted by Gasteiger charge is 2.37. The molecule has 0 saturated carbocycles. The summed E-state index contributed by atoms with van der Waals surface area (Å²) in [6.45, 7) is 9.45. The van der Waals surface area contributed by atoms with Crippen LogP contribution < -0.4 is 10.2 Å². The minimum absolute atomic E-state index is 0.102. The lowest BCUT2D eigenvalue weighted by Crippen LogP contribution is -2.43. The number of hydrogen-bond acceptors (Lipinski definition) is 4. The third-order valence-corrected chi connectivity index (χ3v) is 4.19. The number of benzene rings is 1. The van der Waals surface area contributed by atoms with Crippen LogP contribution in [-0.4, -0.2) is 36.5 Å². The van der Waals surface area contributed by atoms with Gasteiger partial charge in [0.15, 0.2) is 6.61 Å². The van der Waals surface area contributed by atoms with Gasteiger partial charge in [-0.05, 0) is 51.8 Å². The number of nitrogens with zero attached hydrogens (tertiary/aromatic N) is 1. The Balaban J connectivity index is 1.97. The van der Waals surface area contributed by atoms with Crippen LogP contribution in [0.1, 0.15) is 38.3 Å². The van der Waals surface area contributed by atoms with Gasteiger partial charge in [-0.2, -0.15) is 0 Å². The van der Waals surface area contributed by atoms with E-state index in [0.717, 1.165) is 16.8 Å². The topological polar surface area (TPSA) is 75.7 Å². The first-order valence-electron chi connectivity index (χ1n) is 8.42. The van der Waals surface area contributed by atoms with Gasteiger partial charge in [0.2, 0.25) is 5.91 Å². The zero-order valence-corrected chi connectivity index (χ0v) is 15.5. The summed E-state index contributed by atoms with van der Waals surface area (Å²) in [7, 11) is 0. The van der Waals surface area contributed by atoms with Crippen LogP contribution in [0.25, 0.3) is 0 Å². The van der Waals surface area contributed by atoms with Crippen molar-refractivity contribution in [1.29, 1.82) is 0 Å². The Morgan fingerprint density at radius 1 is 1.28 bits per heavy atom. The molecule has 1 aromatic carbocycles. The Morgan fingerprint density at radius 3 is 2.60 bits per heavy atom. The Morgan fingerprint density at radius 2 is 1.96 bits per heavy atom. The molecule has 1 saturated heterocycles. The highest BCUT2D eigenvalue weighted by molar-refractivity contribution is 6.00. The van der Waals surface area contributed by atoms with Crippen LogP contribution >= 0.6 is 0 Å². The second-order valence-electron chi connectivity index (χ2n) is 7.53. The minimum Gasteiger partial charge on any atom is -0.455 e. The zero-order chi connectivity index (χ0) is 18.8. The maximum Gasteiger partial charge on any atom is 0.311 e. The molecule has 0 aliphatic carbocycles. The highest BCUT2D eigenvalue weighted by atomic mass is 16.5. The average Bonchev–Trinajstić information content (AvgIpc) is 2.88. The van der Waals surface area contributed by atoms with Gasteiger partial charge in [-0.25, -0.2) is 0 Å². The van der Waals surface area contributed by atoms with Crippen molar-refractivity contribution in [2.24, 2.45) is 5.92 Å². The number of esters is 1. The van der Waals surface area contributed by atoms with Crippen LogP contribution in [0.2, 0.25) is 0 Å². The van der Waals surface area contributed by atoms with E-state index in [2.05, 4.69) is 5.32 Å². The monoisotopic (exact) mass is 346 g/mol. The van der Waals surface area contributed by atoms with E-state index in [9.17, 15) is 14.4 Å². The number of ether oxygens (including phenoxy) is 1. The summed E-state index contributed by atoms with van der Waals surface area (Å²) in [5.41, 5.74) is 2.56. The molecule has 6 nitrogen and oxygen atoms in total. The van der Waals surface area contributed by atoms with Gasteiger partial charge in [-0.3, -0.25) is 14.4 Å². The van der Waals surface area contributed by atoms with Crippen molar-refractivity contribution in [3.8, 4) is 0 Å². The van der Waals surface area contributed by atoms with Crippen LogP contribution in [0.5, 0.6) is 0 Å². The second-order valence-corrected chi connectivity index (χ2v) is 7.53. The van der Waals surface area contributed by atoms with Crippen LogP contribution in [0.3, 0.4) is 0 Å². The lowest BCUT2D eigenvalue weighted by Gasteiger charge is -2.21. The molecule has 136 valence electrons. The molecule has 2 amide bonds. The first kappa shape index (κ1) is 19.0. The van der Waals surface area contributed by atoms with Crippen molar-refractivity contribution in [2.75, 3.05) is 18.1 Å². The normalized spacial score (nSPS) is 17.6. The number of nitrogens with one attached hydrogen (secondary N) is 1. The first-order chi connectivity index (χ1) is 11.6. The maximum absolute atomic E-state index is 12.3. The fraction of sp³-hybridized carbons (Fsp3) is 0.526. The Labute approximate surface area is 148 Å². The first-order valence-corrected chi connectivity index (χ1v) is 8.42. The number of amides is 2. The number of carbonyl (C=O) groups is 3. The number of hydrogen-bond donors (Lipinski definition) is 1. The predicted molar refractivity (Wildman–Crippen MR) is 95.2 cm³/mol. The molecule has 25 heavy (non-hydrogen) atoms. The summed E-state index contributed by atoms with van der Waals surface area (Å²) in [5.74, 6) is -1.51. The zero-order valence-electron chi connectivity index (χ0n) is 15.5. The summed E-state index contributed by atoms with van der Waals surface area (Å²) in [6, 6.07) is 5.76. The van der Waals surface area contributed by atoms with Gasteiger partial charge >= 0.3 is 5.97 Å². The van der Waals surface area contributed by atoms with Gasteiger partial charge in [0.25, 0.3) is 5.91 Å². The van der Waals surface area contributed by atoms with Crippen molar-refractivity contribution < 1.29 is 19.1 Å². The molecule has 1 aliphatic rings. The molecule has 1 N–H and O–H groups in total. The van der Waals surface area contributed by atoms with Crippen LogP contribution in [0, 0.1) is 19.8 Å². The molecule has 0 unspecified atom stereocenters. The van der Waals surface area contributed by atoms with E-state index in [1.54, 1.807) is 4.90 Å². The van der Waals surface area contributed by atoms with Gasteiger partial charge < -0.3 is 15.0 Å². The summed E-state index contributed by atoms with van der Waals surface area (Å²) < 4.78 is 5.09. The van der Waals surface area contributed by atoms with Crippen LogP contribution in [0.15, 0.2) is 18.2 Å². The number of carbonyl (C=O) groups excluding carboxylic acids is 3. The third-order valence-electron chi connectivity index (χ3n) is 4.19. The SMILES string of the molecule is Cc1cccc(N2C[C@@H](C(=O)OCC(=O)NC(C)(C)C)CC2=O)c1C. The summed E-state index contributed by atoms with van der Waals surface area (Å²) in [4.78, 5) is 37.9. The average molecular weight is 346 g/mol. The molecule has 1 heterocycles. The predicted octanol–water partition coefficient (Wildman–Crippen LogP) is 2.11. The van der Waals surface area contributed by atoms with Gasteiger partial charge in [0.05, 0.1) is 5.92 Å². The Kier molecular flexibility index (Phi) is 5.50. The fourth-order valence-corrected chi connectivity index (χ4v) is 2.84. The molecule has 1 fully saturated rings. The summed E-state index contributed by atoms with van der Waals surface area (Å²) >= 11 is 0. The van der Waals surface area contributed by atoms with Crippen molar-refractivity contribution in [2.45, 2.75) is 46.6 Å². The van der Waals surface area contributed by atoms with Gasteiger partial charge in [-0.1, -0.05) is 12.1 Å². The molecule has 1 aliphatic heterocycles. The molecule has 0 bridgehead atoms. The third kappa shape index (κ3) is 4.81. The van der Waals surface area contributed by atoms with Crippen molar-refractivity contribution in [3.63, 3.8) is 0 Å². The number of rotatable bonds is 4. The lowest BCUT2D eigenvalue weighted by molar-refractivity contribution is -0.152.